The molecular weight excluding hydrogens is 229 g/mol. The highest BCUT2D eigenvalue weighted by molar-refractivity contribution is 5.91. The molecule has 0 aliphatic carbocycles. The van der Waals surface area contributed by atoms with Gasteiger partial charge in [-0.3, -0.25) is 0 Å². The van der Waals surface area contributed by atoms with E-state index in [-0.39, 0.29) is 0 Å². The molecule has 0 bridgehead atoms. The summed E-state index contributed by atoms with van der Waals surface area (Å²) in [6.07, 6.45) is -4.76. The number of pyridine rings is 1. The van der Waals surface area contributed by atoms with Crippen molar-refractivity contribution < 1.29 is 27.8 Å². The maximum atomic E-state index is 12.4. The van der Waals surface area contributed by atoms with Crippen molar-refractivity contribution in [2.24, 2.45) is 0 Å². The van der Waals surface area contributed by atoms with Crippen LogP contribution in [0.3, 0.4) is 0 Å². The molecule has 8 heteroatoms. The third-order valence-electron chi connectivity index (χ3n) is 1.71. The molecule has 1 rings (SSSR count). The van der Waals surface area contributed by atoms with Crippen LogP contribution in [0.1, 0.15) is 16.1 Å². The first kappa shape index (κ1) is 12.1. The minimum atomic E-state index is -4.76. The van der Waals surface area contributed by atoms with E-state index in [1.807, 2.05) is 0 Å². The summed E-state index contributed by atoms with van der Waals surface area (Å²) in [7, 11) is 1.02. The topological polar surface area (TPSA) is 85.4 Å². The molecule has 0 saturated heterocycles. The molecule has 88 valence electrons. The summed E-state index contributed by atoms with van der Waals surface area (Å²) in [6, 6.07) is 0.664. The van der Waals surface area contributed by atoms with Crippen molar-refractivity contribution in [3.63, 3.8) is 0 Å². The number of rotatable bonds is 2. The number of alkyl halides is 3. The Hall–Kier alpha value is -1.99. The monoisotopic (exact) mass is 236 g/mol. The van der Waals surface area contributed by atoms with Crippen LogP contribution in [0.4, 0.5) is 18.9 Å². The van der Waals surface area contributed by atoms with Crippen LogP contribution in [0.25, 0.3) is 0 Å². The van der Waals surface area contributed by atoms with E-state index >= 15 is 0 Å². The summed E-state index contributed by atoms with van der Waals surface area (Å²) < 4.78 is 41.5. The van der Waals surface area contributed by atoms with Gasteiger partial charge in [0.15, 0.2) is 5.69 Å². The normalized spacial score (nSPS) is 11.2. The average Bonchev–Trinajstić information content (AvgIpc) is 2.15. The van der Waals surface area contributed by atoms with Gasteiger partial charge in [0.1, 0.15) is 5.56 Å². The van der Waals surface area contributed by atoms with Crippen LogP contribution < -0.4 is 10.5 Å². The molecule has 0 atom stereocenters. The van der Waals surface area contributed by atoms with Crippen LogP contribution in [0.2, 0.25) is 0 Å². The second-order valence-corrected chi connectivity index (χ2v) is 2.79. The maximum Gasteiger partial charge on any atom is 0.435 e. The van der Waals surface area contributed by atoms with E-state index in [4.69, 9.17) is 10.8 Å². The third-order valence-corrected chi connectivity index (χ3v) is 1.71. The highest BCUT2D eigenvalue weighted by Crippen LogP contribution is 2.34. The van der Waals surface area contributed by atoms with E-state index in [1.54, 1.807) is 0 Å². The highest BCUT2D eigenvalue weighted by atomic mass is 19.4. The minimum absolute atomic E-state index is 0.520. The molecule has 3 N–H and O–H groups in total. The van der Waals surface area contributed by atoms with E-state index in [9.17, 15) is 18.0 Å². The van der Waals surface area contributed by atoms with Crippen LogP contribution in [0.15, 0.2) is 6.07 Å². The molecule has 0 aromatic carbocycles. The van der Waals surface area contributed by atoms with Crippen molar-refractivity contribution in [1.29, 1.82) is 0 Å². The van der Waals surface area contributed by atoms with Crippen molar-refractivity contribution in [3.05, 3.63) is 17.3 Å². The number of carboxylic acids is 1. The van der Waals surface area contributed by atoms with E-state index in [2.05, 4.69) is 9.72 Å². The van der Waals surface area contributed by atoms with Crippen molar-refractivity contribution in [1.82, 2.24) is 4.98 Å². The summed E-state index contributed by atoms with van der Waals surface area (Å²) in [5.74, 6) is -2.10. The summed E-state index contributed by atoms with van der Waals surface area (Å²) in [5, 5.41) is 8.66. The van der Waals surface area contributed by atoms with Gasteiger partial charge in [0.2, 0.25) is 5.88 Å². The van der Waals surface area contributed by atoms with Gasteiger partial charge in [-0.2, -0.15) is 13.2 Å². The van der Waals surface area contributed by atoms with Crippen molar-refractivity contribution in [3.8, 4) is 5.88 Å². The summed E-state index contributed by atoms with van der Waals surface area (Å²) in [4.78, 5) is 13.7. The Morgan fingerprint density at radius 1 is 1.56 bits per heavy atom. The molecule has 1 aromatic heterocycles. The standard InChI is InChI=1S/C8H7F3N2O3/c1-16-6-3(7(14)15)2-4(12)5(13-6)8(9,10)11/h2H,12H2,1H3,(H,14,15). The number of hydrogen-bond acceptors (Lipinski definition) is 4. The number of nitrogens with two attached hydrogens (primary N) is 1. The second-order valence-electron chi connectivity index (χ2n) is 2.79. The molecule has 0 fully saturated rings. The number of ether oxygens (including phenoxy) is 1. The van der Waals surface area contributed by atoms with Crippen molar-refractivity contribution in [2.45, 2.75) is 6.18 Å². The van der Waals surface area contributed by atoms with Gasteiger partial charge < -0.3 is 15.6 Å². The number of aromatic carboxylic acids is 1. The Labute approximate surface area is 87.7 Å². The number of nitrogen functional groups attached to an aromatic ring is 1. The fourth-order valence-corrected chi connectivity index (χ4v) is 1.05. The number of hydrogen-bond donors (Lipinski definition) is 2. The summed E-state index contributed by atoms with van der Waals surface area (Å²) in [6.45, 7) is 0. The second kappa shape index (κ2) is 3.87. The molecule has 0 aliphatic rings. The Morgan fingerprint density at radius 3 is 2.50 bits per heavy atom. The van der Waals surface area contributed by atoms with Crippen LogP contribution in [0, 0.1) is 0 Å². The minimum Gasteiger partial charge on any atom is -0.480 e. The first-order valence-electron chi connectivity index (χ1n) is 3.92. The molecule has 16 heavy (non-hydrogen) atoms. The molecule has 0 saturated carbocycles. The number of methoxy groups -OCH3 is 1. The first-order chi connectivity index (χ1) is 7.27. The smallest absolute Gasteiger partial charge is 0.435 e. The van der Waals surface area contributed by atoms with Crippen molar-refractivity contribution >= 4 is 11.7 Å². The highest BCUT2D eigenvalue weighted by Gasteiger charge is 2.36. The zero-order valence-electron chi connectivity index (χ0n) is 8.00. The lowest BCUT2D eigenvalue weighted by molar-refractivity contribution is -0.140. The zero-order chi connectivity index (χ0) is 12.5. The first-order valence-corrected chi connectivity index (χ1v) is 3.92. The number of aromatic nitrogens is 1. The van der Waals surface area contributed by atoms with Gasteiger partial charge in [-0.15, -0.1) is 0 Å². The lowest BCUT2D eigenvalue weighted by atomic mass is 10.2. The molecular formula is C8H7F3N2O3. The Bertz CT molecular complexity index is 431. The lowest BCUT2D eigenvalue weighted by Crippen LogP contribution is -2.15. The lowest BCUT2D eigenvalue weighted by Gasteiger charge is -2.11. The predicted molar refractivity (Wildman–Crippen MR) is 47.2 cm³/mol. The number of anilines is 1. The Kier molecular flexibility index (Phi) is 2.92. The molecule has 1 heterocycles. The van der Waals surface area contributed by atoms with E-state index in [0.29, 0.717) is 6.07 Å². The van der Waals surface area contributed by atoms with Crippen LogP contribution in [-0.4, -0.2) is 23.2 Å². The molecule has 0 unspecified atom stereocenters. The molecule has 5 nitrogen and oxygen atoms in total. The fourth-order valence-electron chi connectivity index (χ4n) is 1.05. The fraction of sp³-hybridized carbons (Fsp3) is 0.250. The van der Waals surface area contributed by atoms with Crippen LogP contribution in [0.5, 0.6) is 5.88 Å². The molecule has 0 spiro atoms. The van der Waals surface area contributed by atoms with E-state index in [1.165, 1.54) is 0 Å². The van der Waals surface area contributed by atoms with Gasteiger partial charge >= 0.3 is 12.1 Å². The number of halogens is 3. The SMILES string of the molecule is COc1nc(C(F)(F)F)c(N)cc1C(=O)O. The molecule has 0 amide bonds. The Morgan fingerprint density at radius 2 is 2.12 bits per heavy atom. The summed E-state index contributed by atoms with van der Waals surface area (Å²) >= 11 is 0. The van der Waals surface area contributed by atoms with Crippen molar-refractivity contribution in [2.75, 3.05) is 12.8 Å². The van der Waals surface area contributed by atoms with Crippen LogP contribution >= 0.6 is 0 Å². The number of carboxylic acid groups (broad SMARTS) is 1. The largest absolute Gasteiger partial charge is 0.480 e. The summed E-state index contributed by atoms with van der Waals surface area (Å²) in [5.41, 5.74) is 2.42. The van der Waals surface area contributed by atoms with Crippen LogP contribution in [-0.2, 0) is 6.18 Å². The van der Waals surface area contributed by atoms with Gasteiger partial charge in [-0.05, 0) is 6.07 Å². The third kappa shape index (κ3) is 2.15. The van der Waals surface area contributed by atoms with E-state index < -0.39 is 35.0 Å². The zero-order valence-corrected chi connectivity index (χ0v) is 8.00. The van der Waals surface area contributed by atoms with Gasteiger partial charge in [0, 0.05) is 0 Å². The van der Waals surface area contributed by atoms with Gasteiger partial charge in [0.05, 0.1) is 12.8 Å². The molecule has 0 aliphatic heterocycles. The molecule has 1 aromatic rings. The predicted octanol–water partition coefficient (Wildman–Crippen LogP) is 1.39. The van der Waals surface area contributed by atoms with Gasteiger partial charge in [0.25, 0.3) is 0 Å². The van der Waals surface area contributed by atoms with E-state index in [0.717, 1.165) is 7.11 Å². The van der Waals surface area contributed by atoms with Gasteiger partial charge in [-0.1, -0.05) is 0 Å². The maximum absolute atomic E-state index is 12.4. The number of carbonyl (C=O) groups is 1. The average molecular weight is 236 g/mol. The Balaban J connectivity index is 3.43. The number of nitrogens with zero attached hydrogens (tertiary/aromatic N) is 1. The van der Waals surface area contributed by atoms with Gasteiger partial charge in [-0.25, -0.2) is 9.78 Å². The molecule has 0 radical (unpaired) electrons. The quantitative estimate of drug-likeness (QED) is 0.810.